The van der Waals surface area contributed by atoms with Gasteiger partial charge in [-0.15, -0.1) is 0 Å². The molecular weight excluding hydrogens is 232 g/mol. The van der Waals surface area contributed by atoms with Gasteiger partial charge in [0.05, 0.1) is 0 Å². The summed E-state index contributed by atoms with van der Waals surface area (Å²) in [5.74, 6) is -1.13. The molecule has 0 unspecified atom stereocenters. The second-order valence-electron chi connectivity index (χ2n) is 4.28. The van der Waals surface area contributed by atoms with Gasteiger partial charge in [-0.1, -0.05) is 19.1 Å². The van der Waals surface area contributed by atoms with E-state index in [1.54, 1.807) is 13.8 Å². The Labute approximate surface area is 108 Å². The summed E-state index contributed by atoms with van der Waals surface area (Å²) in [6, 6.07) is 0. The minimum atomic E-state index is -0.891. The Morgan fingerprint density at radius 2 is 1.83 bits per heavy atom. The number of allylic oxidation sites excluding steroid dienone is 1. The molecule has 0 heterocycles. The molecule has 4 heteroatoms. The maximum absolute atomic E-state index is 11.1. The van der Waals surface area contributed by atoms with Crippen molar-refractivity contribution in [2.75, 3.05) is 0 Å². The van der Waals surface area contributed by atoms with E-state index in [0.717, 1.165) is 18.9 Å². The lowest BCUT2D eigenvalue weighted by molar-refractivity contribution is -0.145. The quantitative estimate of drug-likeness (QED) is 0.621. The van der Waals surface area contributed by atoms with Crippen molar-refractivity contribution in [3.63, 3.8) is 0 Å². The monoisotopic (exact) mass is 254 g/mol. The highest BCUT2D eigenvalue weighted by Gasteiger charge is 2.17. The van der Waals surface area contributed by atoms with Crippen LogP contribution < -0.4 is 0 Å². The van der Waals surface area contributed by atoms with Crippen LogP contribution in [0.1, 0.15) is 46.0 Å². The number of carboxylic acid groups (broad SMARTS) is 1. The molecule has 0 amide bonds. The molecule has 1 N–H and O–H groups in total. The van der Waals surface area contributed by atoms with Crippen LogP contribution in [0.2, 0.25) is 0 Å². The lowest BCUT2D eigenvalue weighted by Crippen LogP contribution is -2.20. The Bertz CT molecular complexity index is 312. The van der Waals surface area contributed by atoms with Crippen molar-refractivity contribution >= 4 is 11.9 Å². The Hall–Kier alpha value is -1.58. The minimum Gasteiger partial charge on any atom is -0.478 e. The summed E-state index contributed by atoms with van der Waals surface area (Å²) in [7, 11) is 0. The molecule has 1 fully saturated rings. The summed E-state index contributed by atoms with van der Waals surface area (Å²) >= 11 is 0. The first-order chi connectivity index (χ1) is 8.47. The van der Waals surface area contributed by atoms with Crippen molar-refractivity contribution in [2.45, 2.75) is 52.1 Å². The normalized spacial score (nSPS) is 15.7. The van der Waals surface area contributed by atoms with Gasteiger partial charge in [0.25, 0.3) is 0 Å². The van der Waals surface area contributed by atoms with E-state index in [1.165, 1.54) is 25.3 Å². The average Bonchev–Trinajstić information content (AvgIpc) is 2.30. The van der Waals surface area contributed by atoms with Crippen molar-refractivity contribution in [3.05, 3.63) is 24.3 Å². The van der Waals surface area contributed by atoms with Gasteiger partial charge in [-0.05, 0) is 39.5 Å². The van der Waals surface area contributed by atoms with E-state index in [9.17, 15) is 9.59 Å². The van der Waals surface area contributed by atoms with E-state index < -0.39 is 5.97 Å². The van der Waals surface area contributed by atoms with E-state index >= 15 is 0 Å². The fourth-order valence-electron chi connectivity index (χ4n) is 1.58. The number of esters is 1. The number of hydrogen-bond donors (Lipinski definition) is 1. The molecule has 0 bridgehead atoms. The summed E-state index contributed by atoms with van der Waals surface area (Å²) in [4.78, 5) is 20.6. The minimum absolute atomic E-state index is 0.156. The Morgan fingerprint density at radius 3 is 2.17 bits per heavy atom. The van der Waals surface area contributed by atoms with Crippen LogP contribution >= 0.6 is 0 Å². The van der Waals surface area contributed by atoms with Gasteiger partial charge in [-0.25, -0.2) is 9.59 Å². The first kappa shape index (κ1) is 16.4. The van der Waals surface area contributed by atoms with E-state index in [4.69, 9.17) is 9.84 Å². The van der Waals surface area contributed by atoms with Crippen LogP contribution in [0.4, 0.5) is 0 Å². The van der Waals surface area contributed by atoms with Crippen LogP contribution in [0, 0.1) is 0 Å². The van der Waals surface area contributed by atoms with Gasteiger partial charge < -0.3 is 9.84 Å². The van der Waals surface area contributed by atoms with Crippen molar-refractivity contribution in [3.8, 4) is 0 Å². The molecule has 0 spiro atoms. The highest BCUT2D eigenvalue weighted by atomic mass is 16.5. The largest absolute Gasteiger partial charge is 0.478 e. The average molecular weight is 254 g/mol. The molecule has 0 aromatic heterocycles. The molecule has 102 valence electrons. The van der Waals surface area contributed by atoms with Gasteiger partial charge in [-0.2, -0.15) is 0 Å². The first-order valence-electron chi connectivity index (χ1n) is 6.19. The van der Waals surface area contributed by atoms with Crippen molar-refractivity contribution in [1.29, 1.82) is 0 Å². The lowest BCUT2D eigenvalue weighted by Gasteiger charge is -2.21. The van der Waals surface area contributed by atoms with E-state index in [-0.39, 0.29) is 12.1 Å². The van der Waals surface area contributed by atoms with Gasteiger partial charge in [-0.3, -0.25) is 0 Å². The third kappa shape index (κ3) is 8.56. The van der Waals surface area contributed by atoms with Crippen LogP contribution in [0.5, 0.6) is 0 Å². The van der Waals surface area contributed by atoms with Crippen molar-refractivity contribution in [1.82, 2.24) is 0 Å². The number of carboxylic acids is 1. The third-order valence-electron chi connectivity index (χ3n) is 2.48. The third-order valence-corrected chi connectivity index (χ3v) is 2.48. The van der Waals surface area contributed by atoms with Crippen molar-refractivity contribution in [2.24, 2.45) is 0 Å². The van der Waals surface area contributed by atoms with Gasteiger partial charge in [0, 0.05) is 11.6 Å². The van der Waals surface area contributed by atoms with Crippen LogP contribution in [0.15, 0.2) is 24.3 Å². The number of aliphatic carboxylic acids is 1. The Kier molecular flexibility index (Phi) is 8.62. The molecule has 0 aromatic carbocycles. The zero-order chi connectivity index (χ0) is 14.0. The standard InChI is InChI=1S/C10H16O2.C4H6O2/c1-8(2)10(11)12-9-6-4-3-5-7-9;1-2-3-4(5)6/h9H,1,3-7H2,2H3;2-3H,1H3,(H,5,6)/b;3-2+. The second-order valence-corrected chi connectivity index (χ2v) is 4.28. The maximum Gasteiger partial charge on any atom is 0.333 e. The lowest BCUT2D eigenvalue weighted by atomic mass is 9.98. The number of carbonyl (C=O) groups excluding carboxylic acids is 1. The molecule has 0 aromatic rings. The summed E-state index contributed by atoms with van der Waals surface area (Å²) < 4.78 is 5.21. The molecular formula is C14H22O4. The number of rotatable bonds is 3. The summed E-state index contributed by atoms with van der Waals surface area (Å²) in [6.45, 7) is 6.89. The number of hydrogen-bond acceptors (Lipinski definition) is 3. The zero-order valence-corrected chi connectivity index (χ0v) is 11.1. The summed E-state index contributed by atoms with van der Waals surface area (Å²) in [6.07, 6.45) is 8.42. The molecule has 18 heavy (non-hydrogen) atoms. The highest BCUT2D eigenvalue weighted by molar-refractivity contribution is 5.87. The second kappa shape index (κ2) is 9.45. The van der Waals surface area contributed by atoms with Gasteiger partial charge in [0.2, 0.25) is 0 Å². The van der Waals surface area contributed by atoms with Gasteiger partial charge in [0.1, 0.15) is 6.10 Å². The van der Waals surface area contributed by atoms with E-state index in [0.29, 0.717) is 5.57 Å². The fourth-order valence-corrected chi connectivity index (χ4v) is 1.58. The summed E-state index contributed by atoms with van der Waals surface area (Å²) in [5.41, 5.74) is 0.501. The molecule has 1 saturated carbocycles. The molecule has 0 saturated heterocycles. The van der Waals surface area contributed by atoms with E-state index in [2.05, 4.69) is 6.58 Å². The molecule has 0 radical (unpaired) electrons. The van der Waals surface area contributed by atoms with E-state index in [1.807, 2.05) is 0 Å². The zero-order valence-electron chi connectivity index (χ0n) is 11.1. The number of ether oxygens (including phenoxy) is 1. The smallest absolute Gasteiger partial charge is 0.333 e. The number of carbonyl (C=O) groups is 2. The van der Waals surface area contributed by atoms with Crippen LogP contribution in [-0.4, -0.2) is 23.1 Å². The van der Waals surface area contributed by atoms with Crippen molar-refractivity contribution < 1.29 is 19.4 Å². The molecule has 0 atom stereocenters. The molecule has 1 aliphatic rings. The van der Waals surface area contributed by atoms with Gasteiger partial charge in [0.15, 0.2) is 0 Å². The molecule has 0 aliphatic heterocycles. The predicted octanol–water partition coefficient (Wildman–Crippen LogP) is 3.09. The van der Waals surface area contributed by atoms with Crippen LogP contribution in [0.25, 0.3) is 0 Å². The van der Waals surface area contributed by atoms with Crippen LogP contribution in [-0.2, 0) is 14.3 Å². The van der Waals surface area contributed by atoms with Gasteiger partial charge >= 0.3 is 11.9 Å². The SMILES string of the molecule is C/C=C/C(=O)O.C=C(C)C(=O)OC1CCCCC1. The van der Waals surface area contributed by atoms with Crippen LogP contribution in [0.3, 0.4) is 0 Å². The summed E-state index contributed by atoms with van der Waals surface area (Å²) in [5, 5.41) is 7.83. The predicted molar refractivity (Wildman–Crippen MR) is 70.2 cm³/mol. The first-order valence-corrected chi connectivity index (χ1v) is 6.19. The fraction of sp³-hybridized carbons (Fsp3) is 0.571. The Morgan fingerprint density at radius 1 is 1.28 bits per heavy atom. The molecule has 4 nitrogen and oxygen atoms in total. The molecule has 1 rings (SSSR count). The Balaban J connectivity index is 0.000000411. The molecule has 1 aliphatic carbocycles. The highest BCUT2D eigenvalue weighted by Crippen LogP contribution is 2.20. The topological polar surface area (TPSA) is 63.6 Å². The maximum atomic E-state index is 11.1.